The van der Waals surface area contributed by atoms with Crippen LogP contribution in [0.5, 0.6) is 11.5 Å². The van der Waals surface area contributed by atoms with E-state index in [0.717, 1.165) is 28.2 Å². The molecule has 0 aliphatic heterocycles. The number of nitrogens with one attached hydrogen (secondary N) is 1. The van der Waals surface area contributed by atoms with E-state index in [4.69, 9.17) is 9.47 Å². The first-order chi connectivity index (χ1) is 9.70. The lowest BCUT2D eigenvalue weighted by molar-refractivity contribution is 0.306. The Bertz CT molecular complexity index is 572. The van der Waals surface area contributed by atoms with Crippen LogP contribution in [0.15, 0.2) is 46.9 Å². The van der Waals surface area contributed by atoms with Gasteiger partial charge in [0.1, 0.15) is 6.61 Å². The molecule has 0 saturated heterocycles. The zero-order valence-electron chi connectivity index (χ0n) is 11.7. The van der Waals surface area contributed by atoms with E-state index >= 15 is 0 Å². The fourth-order valence-electron chi connectivity index (χ4n) is 1.85. The van der Waals surface area contributed by atoms with E-state index in [2.05, 4.69) is 46.4 Å². The van der Waals surface area contributed by atoms with Crippen molar-refractivity contribution >= 4 is 21.6 Å². The van der Waals surface area contributed by atoms with Crippen LogP contribution in [0.2, 0.25) is 0 Å². The number of halogens is 1. The summed E-state index contributed by atoms with van der Waals surface area (Å²) in [5.41, 5.74) is 2.30. The fraction of sp³-hybridized carbons (Fsp3) is 0.250. The van der Waals surface area contributed by atoms with Gasteiger partial charge in [-0.15, -0.1) is 0 Å². The van der Waals surface area contributed by atoms with Gasteiger partial charge in [0.05, 0.1) is 7.11 Å². The quantitative estimate of drug-likeness (QED) is 0.800. The number of hydrogen-bond donors (Lipinski definition) is 1. The predicted molar refractivity (Wildman–Crippen MR) is 85.9 cm³/mol. The topological polar surface area (TPSA) is 30.5 Å². The molecule has 2 aromatic rings. The Hall–Kier alpha value is -1.68. The van der Waals surface area contributed by atoms with E-state index in [-0.39, 0.29) is 0 Å². The van der Waals surface area contributed by atoms with Crippen molar-refractivity contribution < 1.29 is 9.47 Å². The van der Waals surface area contributed by atoms with Crippen molar-refractivity contribution in [1.82, 2.24) is 0 Å². The zero-order valence-corrected chi connectivity index (χ0v) is 13.2. The second-order valence-corrected chi connectivity index (χ2v) is 5.26. The summed E-state index contributed by atoms with van der Waals surface area (Å²) in [4.78, 5) is 0. The standard InChI is InChI=1S/C16H18BrNO2/c1-12-7-8-14(13(17)11-12)18-9-10-20-16-6-4-3-5-15(16)19-2/h3-8,11,18H,9-10H2,1-2H3. The Morgan fingerprint density at radius 3 is 2.55 bits per heavy atom. The molecule has 0 unspecified atom stereocenters. The monoisotopic (exact) mass is 335 g/mol. The molecule has 0 bridgehead atoms. The average molecular weight is 336 g/mol. The van der Waals surface area contributed by atoms with Gasteiger partial charge in [0.2, 0.25) is 0 Å². The fourth-order valence-corrected chi connectivity index (χ4v) is 2.48. The van der Waals surface area contributed by atoms with E-state index < -0.39 is 0 Å². The van der Waals surface area contributed by atoms with E-state index in [1.54, 1.807) is 7.11 Å². The summed E-state index contributed by atoms with van der Waals surface area (Å²) in [6.45, 7) is 3.36. The number of para-hydroxylation sites is 2. The summed E-state index contributed by atoms with van der Waals surface area (Å²) in [5, 5.41) is 3.34. The molecule has 0 aromatic heterocycles. The van der Waals surface area contributed by atoms with E-state index in [1.807, 2.05) is 24.3 Å². The van der Waals surface area contributed by atoms with E-state index in [9.17, 15) is 0 Å². The number of anilines is 1. The molecule has 0 aliphatic rings. The van der Waals surface area contributed by atoms with Crippen molar-refractivity contribution in [2.75, 3.05) is 25.6 Å². The van der Waals surface area contributed by atoms with Gasteiger partial charge in [-0.3, -0.25) is 0 Å². The molecule has 0 fully saturated rings. The highest BCUT2D eigenvalue weighted by Gasteiger charge is 2.03. The van der Waals surface area contributed by atoms with Crippen molar-refractivity contribution in [2.45, 2.75) is 6.92 Å². The third-order valence-electron chi connectivity index (χ3n) is 2.87. The molecule has 3 nitrogen and oxygen atoms in total. The maximum absolute atomic E-state index is 5.71. The van der Waals surface area contributed by atoms with Crippen LogP contribution in [0.3, 0.4) is 0 Å². The molecule has 2 aromatic carbocycles. The van der Waals surface area contributed by atoms with Crippen molar-refractivity contribution in [3.05, 3.63) is 52.5 Å². The van der Waals surface area contributed by atoms with Gasteiger partial charge in [0, 0.05) is 16.7 Å². The summed E-state index contributed by atoms with van der Waals surface area (Å²) in [6, 6.07) is 13.9. The zero-order chi connectivity index (χ0) is 14.4. The average Bonchev–Trinajstić information content (AvgIpc) is 2.46. The summed E-state index contributed by atoms with van der Waals surface area (Å²) >= 11 is 3.54. The first-order valence-electron chi connectivity index (χ1n) is 6.46. The van der Waals surface area contributed by atoms with Crippen LogP contribution in [0, 0.1) is 6.92 Å². The largest absolute Gasteiger partial charge is 0.493 e. The number of benzene rings is 2. The molecule has 0 spiro atoms. The molecule has 0 amide bonds. The first kappa shape index (κ1) is 14.7. The molecular formula is C16H18BrNO2. The lowest BCUT2D eigenvalue weighted by Gasteiger charge is -2.12. The number of rotatable bonds is 6. The maximum Gasteiger partial charge on any atom is 0.161 e. The van der Waals surface area contributed by atoms with Gasteiger partial charge in [-0.25, -0.2) is 0 Å². The van der Waals surface area contributed by atoms with E-state index in [0.29, 0.717) is 6.61 Å². The number of aryl methyl sites for hydroxylation is 1. The molecular weight excluding hydrogens is 318 g/mol. The minimum Gasteiger partial charge on any atom is -0.493 e. The highest BCUT2D eigenvalue weighted by atomic mass is 79.9. The highest BCUT2D eigenvalue weighted by Crippen LogP contribution is 2.26. The van der Waals surface area contributed by atoms with Crippen molar-refractivity contribution in [1.29, 1.82) is 0 Å². The van der Waals surface area contributed by atoms with Crippen molar-refractivity contribution in [3.63, 3.8) is 0 Å². The molecule has 4 heteroatoms. The first-order valence-corrected chi connectivity index (χ1v) is 7.26. The van der Waals surface area contributed by atoms with Crippen LogP contribution < -0.4 is 14.8 Å². The van der Waals surface area contributed by atoms with Crippen LogP contribution in [-0.2, 0) is 0 Å². The molecule has 106 valence electrons. The molecule has 20 heavy (non-hydrogen) atoms. The van der Waals surface area contributed by atoms with Crippen LogP contribution >= 0.6 is 15.9 Å². The normalized spacial score (nSPS) is 10.2. The molecule has 0 radical (unpaired) electrons. The highest BCUT2D eigenvalue weighted by molar-refractivity contribution is 9.10. The number of hydrogen-bond acceptors (Lipinski definition) is 3. The lowest BCUT2D eigenvalue weighted by Crippen LogP contribution is -2.12. The van der Waals surface area contributed by atoms with Gasteiger partial charge in [-0.1, -0.05) is 18.2 Å². The Morgan fingerprint density at radius 2 is 1.85 bits per heavy atom. The van der Waals surface area contributed by atoms with E-state index in [1.165, 1.54) is 5.56 Å². The van der Waals surface area contributed by atoms with Crippen LogP contribution in [0.1, 0.15) is 5.56 Å². The second kappa shape index (κ2) is 7.20. The smallest absolute Gasteiger partial charge is 0.161 e. The molecule has 0 saturated carbocycles. The van der Waals surface area contributed by atoms with Gasteiger partial charge in [0.15, 0.2) is 11.5 Å². The Balaban J connectivity index is 1.84. The molecule has 0 atom stereocenters. The van der Waals surface area contributed by atoms with Gasteiger partial charge in [-0.05, 0) is 52.7 Å². The van der Waals surface area contributed by atoms with Crippen molar-refractivity contribution in [3.8, 4) is 11.5 Å². The van der Waals surface area contributed by atoms with Gasteiger partial charge in [-0.2, -0.15) is 0 Å². The number of methoxy groups -OCH3 is 1. The van der Waals surface area contributed by atoms with Crippen molar-refractivity contribution in [2.24, 2.45) is 0 Å². The van der Waals surface area contributed by atoms with Crippen LogP contribution in [0.4, 0.5) is 5.69 Å². The Labute approximate surface area is 128 Å². The maximum atomic E-state index is 5.71. The number of ether oxygens (including phenoxy) is 2. The Morgan fingerprint density at radius 1 is 1.10 bits per heavy atom. The summed E-state index contributed by atoms with van der Waals surface area (Å²) in [6.07, 6.45) is 0. The van der Waals surface area contributed by atoms with Gasteiger partial charge >= 0.3 is 0 Å². The van der Waals surface area contributed by atoms with Crippen LogP contribution in [0.25, 0.3) is 0 Å². The third-order valence-corrected chi connectivity index (χ3v) is 3.52. The summed E-state index contributed by atoms with van der Waals surface area (Å²) in [7, 11) is 1.64. The SMILES string of the molecule is COc1ccccc1OCCNc1ccc(C)cc1Br. The Kier molecular flexibility index (Phi) is 5.30. The summed E-state index contributed by atoms with van der Waals surface area (Å²) < 4.78 is 12.0. The molecule has 2 rings (SSSR count). The minimum absolute atomic E-state index is 0.570. The summed E-state index contributed by atoms with van der Waals surface area (Å²) in [5.74, 6) is 1.52. The molecule has 0 aliphatic carbocycles. The molecule has 1 N–H and O–H groups in total. The second-order valence-electron chi connectivity index (χ2n) is 4.41. The third kappa shape index (κ3) is 3.90. The van der Waals surface area contributed by atoms with Gasteiger partial charge < -0.3 is 14.8 Å². The van der Waals surface area contributed by atoms with Crippen LogP contribution in [-0.4, -0.2) is 20.3 Å². The predicted octanol–water partition coefficient (Wildman–Crippen LogP) is 4.26. The van der Waals surface area contributed by atoms with Gasteiger partial charge in [0.25, 0.3) is 0 Å². The minimum atomic E-state index is 0.570. The molecule has 0 heterocycles. The lowest BCUT2D eigenvalue weighted by atomic mass is 10.2.